The van der Waals surface area contributed by atoms with Crippen LogP contribution in [0.1, 0.15) is 10.5 Å². The second-order valence-electron chi connectivity index (χ2n) is 5.11. The maximum atomic E-state index is 12.6. The average molecular weight is 356 g/mol. The number of nitrogens with zero attached hydrogens (tertiary/aromatic N) is 2. The molecule has 1 amide bonds. The maximum absolute atomic E-state index is 12.6. The van der Waals surface area contributed by atoms with Crippen molar-refractivity contribution in [2.24, 2.45) is 0 Å². The third-order valence-electron chi connectivity index (χ3n) is 3.41. The van der Waals surface area contributed by atoms with E-state index in [1.807, 2.05) is 6.07 Å². The van der Waals surface area contributed by atoms with Crippen molar-refractivity contribution >= 4 is 23.2 Å². The molecule has 6 nitrogen and oxygen atoms in total. The van der Waals surface area contributed by atoms with Crippen LogP contribution in [0.25, 0.3) is 5.69 Å². The number of benzene rings is 2. The number of para-hydroxylation sites is 1. The average Bonchev–Trinajstić information content (AvgIpc) is 2.62. The second-order valence-corrected chi connectivity index (χ2v) is 5.55. The molecule has 1 N–H and O–H groups in total. The minimum Gasteiger partial charge on any atom is -0.494 e. The molecule has 0 spiro atoms. The van der Waals surface area contributed by atoms with Crippen molar-refractivity contribution in [3.63, 3.8) is 0 Å². The summed E-state index contributed by atoms with van der Waals surface area (Å²) in [5.41, 5.74) is 0.652. The number of rotatable bonds is 4. The highest BCUT2D eigenvalue weighted by molar-refractivity contribution is 6.30. The van der Waals surface area contributed by atoms with Gasteiger partial charge in [-0.05, 0) is 30.3 Å². The number of nitrogens with one attached hydrogen (secondary N) is 1. The van der Waals surface area contributed by atoms with Gasteiger partial charge in [0.2, 0.25) is 0 Å². The van der Waals surface area contributed by atoms with Crippen LogP contribution >= 0.6 is 11.6 Å². The summed E-state index contributed by atoms with van der Waals surface area (Å²) in [4.78, 5) is 24.8. The molecule has 3 aromatic rings. The lowest BCUT2D eigenvalue weighted by atomic mass is 10.2. The van der Waals surface area contributed by atoms with Crippen molar-refractivity contribution in [3.8, 4) is 11.4 Å². The van der Waals surface area contributed by atoms with Gasteiger partial charge < -0.3 is 10.1 Å². The molecule has 126 valence electrons. The Kier molecular flexibility index (Phi) is 4.81. The van der Waals surface area contributed by atoms with E-state index in [0.717, 1.165) is 4.68 Å². The Morgan fingerprint density at radius 3 is 2.56 bits per heavy atom. The van der Waals surface area contributed by atoms with Crippen LogP contribution in [0.15, 0.2) is 65.5 Å². The third-order valence-corrected chi connectivity index (χ3v) is 3.65. The van der Waals surface area contributed by atoms with Crippen molar-refractivity contribution in [2.45, 2.75) is 0 Å². The topological polar surface area (TPSA) is 73.2 Å². The van der Waals surface area contributed by atoms with Crippen LogP contribution in [0.3, 0.4) is 0 Å². The fourth-order valence-corrected chi connectivity index (χ4v) is 2.45. The molecule has 25 heavy (non-hydrogen) atoms. The summed E-state index contributed by atoms with van der Waals surface area (Å²) >= 11 is 5.92. The largest absolute Gasteiger partial charge is 0.494 e. The van der Waals surface area contributed by atoms with Crippen LogP contribution in [0.4, 0.5) is 5.69 Å². The van der Waals surface area contributed by atoms with E-state index in [4.69, 9.17) is 16.3 Å². The van der Waals surface area contributed by atoms with Crippen LogP contribution in [0.2, 0.25) is 5.02 Å². The van der Waals surface area contributed by atoms with Gasteiger partial charge in [0.15, 0.2) is 11.4 Å². The summed E-state index contributed by atoms with van der Waals surface area (Å²) in [6.07, 6.45) is 0. The van der Waals surface area contributed by atoms with Crippen LogP contribution in [0, 0.1) is 0 Å². The standard InChI is InChI=1S/C18H14ClN3O3/c1-25-15-11-16(23)22(14-8-3-2-4-9-14)21-17(15)18(24)20-13-7-5-6-12(19)10-13/h2-11H,1H3,(H,20,24). The fourth-order valence-electron chi connectivity index (χ4n) is 2.26. The summed E-state index contributed by atoms with van der Waals surface area (Å²) in [6.45, 7) is 0. The molecule has 0 bridgehead atoms. The molecule has 0 fully saturated rings. The molecule has 7 heteroatoms. The SMILES string of the molecule is COc1cc(=O)n(-c2ccccc2)nc1C(=O)Nc1cccc(Cl)c1. The lowest BCUT2D eigenvalue weighted by Gasteiger charge is -2.11. The predicted octanol–water partition coefficient (Wildman–Crippen LogP) is 3.15. The maximum Gasteiger partial charge on any atom is 0.280 e. The van der Waals surface area contributed by atoms with Crippen molar-refractivity contribution in [1.82, 2.24) is 9.78 Å². The van der Waals surface area contributed by atoms with E-state index in [9.17, 15) is 9.59 Å². The number of halogens is 1. The first-order chi connectivity index (χ1) is 12.1. The van der Waals surface area contributed by atoms with Gasteiger partial charge in [0, 0.05) is 10.7 Å². The second kappa shape index (κ2) is 7.19. The molecule has 0 saturated carbocycles. The highest BCUT2D eigenvalue weighted by Gasteiger charge is 2.18. The minimum atomic E-state index is -0.510. The third kappa shape index (κ3) is 3.70. The number of hydrogen-bond donors (Lipinski definition) is 1. The Morgan fingerprint density at radius 2 is 1.88 bits per heavy atom. The van der Waals surface area contributed by atoms with E-state index in [0.29, 0.717) is 16.4 Å². The summed E-state index contributed by atoms with van der Waals surface area (Å²) in [6, 6.07) is 16.8. The first-order valence-corrected chi connectivity index (χ1v) is 7.77. The first-order valence-electron chi connectivity index (χ1n) is 7.39. The van der Waals surface area contributed by atoms with Gasteiger partial charge >= 0.3 is 0 Å². The Balaban J connectivity index is 2.02. The van der Waals surface area contributed by atoms with Crippen LogP contribution in [0.5, 0.6) is 5.75 Å². The van der Waals surface area contributed by atoms with Crippen LogP contribution in [-0.4, -0.2) is 22.8 Å². The molecule has 0 atom stereocenters. The van der Waals surface area contributed by atoms with E-state index >= 15 is 0 Å². The van der Waals surface area contributed by atoms with Crippen molar-refractivity contribution < 1.29 is 9.53 Å². The van der Waals surface area contributed by atoms with Gasteiger partial charge in [-0.3, -0.25) is 9.59 Å². The molecular formula is C18H14ClN3O3. The number of anilines is 1. The van der Waals surface area contributed by atoms with Gasteiger partial charge in [0.05, 0.1) is 18.9 Å². The summed E-state index contributed by atoms with van der Waals surface area (Å²) in [7, 11) is 1.37. The monoisotopic (exact) mass is 355 g/mol. The number of hydrogen-bond acceptors (Lipinski definition) is 4. The summed E-state index contributed by atoms with van der Waals surface area (Å²) in [5, 5.41) is 7.35. The molecule has 0 radical (unpaired) electrons. The lowest BCUT2D eigenvalue weighted by molar-refractivity contribution is 0.101. The van der Waals surface area contributed by atoms with E-state index in [-0.39, 0.29) is 11.4 Å². The van der Waals surface area contributed by atoms with Gasteiger partial charge in [-0.25, -0.2) is 0 Å². The molecule has 2 aromatic carbocycles. The van der Waals surface area contributed by atoms with Gasteiger partial charge in [-0.1, -0.05) is 35.9 Å². The number of amides is 1. The fraction of sp³-hybridized carbons (Fsp3) is 0.0556. The van der Waals surface area contributed by atoms with Gasteiger partial charge in [0.25, 0.3) is 11.5 Å². The zero-order chi connectivity index (χ0) is 17.8. The van der Waals surface area contributed by atoms with Crippen molar-refractivity contribution in [1.29, 1.82) is 0 Å². The molecule has 0 unspecified atom stereocenters. The van der Waals surface area contributed by atoms with Gasteiger partial charge in [-0.15, -0.1) is 0 Å². The molecule has 1 aromatic heterocycles. The molecule has 3 rings (SSSR count). The number of ether oxygens (including phenoxy) is 1. The van der Waals surface area contributed by atoms with Crippen molar-refractivity contribution in [2.75, 3.05) is 12.4 Å². The first kappa shape index (κ1) is 16.7. The molecule has 0 saturated heterocycles. The van der Waals surface area contributed by atoms with Crippen LogP contribution in [-0.2, 0) is 0 Å². The number of carbonyl (C=O) groups excluding carboxylic acids is 1. The number of methoxy groups -OCH3 is 1. The Hall–Kier alpha value is -3.12. The molecule has 1 heterocycles. The quantitative estimate of drug-likeness (QED) is 0.780. The van der Waals surface area contributed by atoms with Crippen molar-refractivity contribution in [3.05, 3.63) is 81.7 Å². The highest BCUT2D eigenvalue weighted by Crippen LogP contribution is 2.19. The zero-order valence-corrected chi connectivity index (χ0v) is 14.0. The van der Waals surface area contributed by atoms with E-state index < -0.39 is 11.5 Å². The van der Waals surface area contributed by atoms with E-state index in [1.54, 1.807) is 48.5 Å². The van der Waals surface area contributed by atoms with Gasteiger partial charge in [-0.2, -0.15) is 9.78 Å². The minimum absolute atomic E-state index is 0.00840. The summed E-state index contributed by atoms with van der Waals surface area (Å²) < 4.78 is 6.29. The number of aromatic nitrogens is 2. The number of carbonyl (C=O) groups is 1. The molecule has 0 aliphatic carbocycles. The normalized spacial score (nSPS) is 10.3. The van der Waals surface area contributed by atoms with Gasteiger partial charge in [0.1, 0.15) is 0 Å². The predicted molar refractivity (Wildman–Crippen MR) is 95.8 cm³/mol. The lowest BCUT2D eigenvalue weighted by Crippen LogP contribution is -2.26. The Morgan fingerprint density at radius 1 is 1.12 bits per heavy atom. The van der Waals surface area contributed by atoms with E-state index in [1.165, 1.54) is 13.2 Å². The Bertz CT molecular complexity index is 971. The van der Waals surface area contributed by atoms with E-state index in [2.05, 4.69) is 10.4 Å². The molecule has 0 aliphatic rings. The summed E-state index contributed by atoms with van der Waals surface area (Å²) in [5.74, 6) is -0.416. The highest BCUT2D eigenvalue weighted by atomic mass is 35.5. The molecule has 0 aliphatic heterocycles. The molecular weight excluding hydrogens is 342 g/mol. The Labute approximate surface area is 148 Å². The smallest absolute Gasteiger partial charge is 0.280 e. The zero-order valence-electron chi connectivity index (χ0n) is 13.3. The van der Waals surface area contributed by atoms with Crippen LogP contribution < -0.4 is 15.6 Å².